The molecule has 1 amide bonds. The van der Waals surface area contributed by atoms with Crippen LogP contribution < -0.4 is 14.8 Å². The number of ether oxygens (including phenoxy) is 2. The summed E-state index contributed by atoms with van der Waals surface area (Å²) in [7, 11) is 3.30. The molecule has 1 unspecified atom stereocenters. The first-order valence-electron chi connectivity index (χ1n) is 8.91. The van der Waals surface area contributed by atoms with Gasteiger partial charge in [-0.2, -0.15) is 0 Å². The van der Waals surface area contributed by atoms with Crippen molar-refractivity contribution in [2.24, 2.45) is 0 Å². The number of rotatable bonds is 6. The lowest BCUT2D eigenvalue weighted by Crippen LogP contribution is -2.40. The SMILES string of the molecule is COc1cc2c(cc1OC)C(c1cccs1)N(CC(=O)Nc1nccs1)CC2. The third-order valence-corrected chi connectivity index (χ3v) is 6.42. The number of fused-ring (bicyclic) bond motifs is 1. The number of aromatic nitrogens is 1. The van der Waals surface area contributed by atoms with E-state index in [0.717, 1.165) is 24.3 Å². The molecule has 1 N–H and O–H groups in total. The smallest absolute Gasteiger partial charge is 0.240 e. The fourth-order valence-corrected chi connectivity index (χ4v) is 5.00. The van der Waals surface area contributed by atoms with E-state index >= 15 is 0 Å². The molecule has 0 bridgehead atoms. The average Bonchev–Trinajstić information content (AvgIpc) is 3.40. The number of amides is 1. The van der Waals surface area contributed by atoms with Gasteiger partial charge in [-0.05, 0) is 41.1 Å². The number of benzene rings is 1. The van der Waals surface area contributed by atoms with E-state index in [1.165, 1.54) is 21.8 Å². The molecule has 0 saturated carbocycles. The first kappa shape index (κ1) is 18.9. The quantitative estimate of drug-likeness (QED) is 0.663. The van der Waals surface area contributed by atoms with E-state index in [9.17, 15) is 4.79 Å². The normalized spacial score (nSPS) is 16.4. The van der Waals surface area contributed by atoms with Crippen LogP contribution in [0.5, 0.6) is 11.5 Å². The fourth-order valence-electron chi connectivity index (χ4n) is 3.58. The van der Waals surface area contributed by atoms with Crippen LogP contribution in [0.2, 0.25) is 0 Å². The van der Waals surface area contributed by atoms with Crippen LogP contribution in [0.15, 0.2) is 41.2 Å². The second-order valence-electron chi connectivity index (χ2n) is 6.43. The number of anilines is 1. The van der Waals surface area contributed by atoms with Crippen molar-refractivity contribution in [1.82, 2.24) is 9.88 Å². The largest absolute Gasteiger partial charge is 0.493 e. The molecule has 28 heavy (non-hydrogen) atoms. The van der Waals surface area contributed by atoms with Crippen LogP contribution in [0.4, 0.5) is 5.13 Å². The number of carbonyl (C=O) groups excluding carboxylic acids is 1. The van der Waals surface area contributed by atoms with Gasteiger partial charge in [0.2, 0.25) is 5.91 Å². The summed E-state index contributed by atoms with van der Waals surface area (Å²) >= 11 is 3.12. The van der Waals surface area contributed by atoms with E-state index in [0.29, 0.717) is 17.4 Å². The van der Waals surface area contributed by atoms with Crippen LogP contribution in [0, 0.1) is 0 Å². The third-order valence-electron chi connectivity index (χ3n) is 4.81. The Morgan fingerprint density at radius 2 is 2.07 bits per heavy atom. The van der Waals surface area contributed by atoms with Crippen molar-refractivity contribution in [2.45, 2.75) is 12.5 Å². The predicted molar refractivity (Wildman–Crippen MR) is 112 cm³/mol. The summed E-state index contributed by atoms with van der Waals surface area (Å²) in [5.74, 6) is 1.39. The summed E-state index contributed by atoms with van der Waals surface area (Å²) in [4.78, 5) is 20.2. The Labute approximate surface area is 171 Å². The van der Waals surface area contributed by atoms with Crippen molar-refractivity contribution in [3.8, 4) is 11.5 Å². The van der Waals surface area contributed by atoms with E-state index in [4.69, 9.17) is 9.47 Å². The molecule has 0 fully saturated rings. The summed E-state index contributed by atoms with van der Waals surface area (Å²) in [6.07, 6.45) is 2.54. The Balaban J connectivity index is 1.66. The van der Waals surface area contributed by atoms with Gasteiger partial charge in [-0.3, -0.25) is 9.69 Å². The Bertz CT molecular complexity index is 942. The molecule has 3 aromatic rings. The highest BCUT2D eigenvalue weighted by Gasteiger charge is 2.32. The van der Waals surface area contributed by atoms with Crippen LogP contribution in [0.25, 0.3) is 0 Å². The van der Waals surface area contributed by atoms with Crippen molar-refractivity contribution >= 4 is 33.7 Å². The first-order valence-corrected chi connectivity index (χ1v) is 10.7. The van der Waals surface area contributed by atoms with E-state index in [2.05, 4.69) is 32.7 Å². The molecule has 6 nitrogen and oxygen atoms in total. The van der Waals surface area contributed by atoms with Crippen molar-refractivity contribution in [1.29, 1.82) is 0 Å². The Morgan fingerprint density at radius 3 is 2.75 bits per heavy atom. The van der Waals surface area contributed by atoms with Gasteiger partial charge >= 0.3 is 0 Å². The number of nitrogens with one attached hydrogen (secondary N) is 1. The van der Waals surface area contributed by atoms with Gasteiger partial charge in [0.05, 0.1) is 26.8 Å². The van der Waals surface area contributed by atoms with Crippen LogP contribution in [-0.2, 0) is 11.2 Å². The van der Waals surface area contributed by atoms with Gasteiger partial charge in [-0.15, -0.1) is 22.7 Å². The minimum atomic E-state index is -0.0552. The van der Waals surface area contributed by atoms with Crippen LogP contribution in [0.3, 0.4) is 0 Å². The minimum absolute atomic E-state index is 0.00519. The highest BCUT2D eigenvalue weighted by Crippen LogP contribution is 2.42. The zero-order valence-electron chi connectivity index (χ0n) is 15.7. The Kier molecular flexibility index (Phi) is 5.61. The number of nitrogens with zero attached hydrogens (tertiary/aromatic N) is 2. The highest BCUT2D eigenvalue weighted by molar-refractivity contribution is 7.13. The topological polar surface area (TPSA) is 63.7 Å². The van der Waals surface area contributed by atoms with Gasteiger partial charge in [0.1, 0.15) is 0 Å². The van der Waals surface area contributed by atoms with Gasteiger partial charge in [0.25, 0.3) is 0 Å². The summed E-state index contributed by atoms with van der Waals surface area (Å²) in [6, 6.07) is 8.27. The molecule has 1 atom stereocenters. The molecule has 1 aliphatic rings. The molecule has 1 aromatic carbocycles. The lowest BCUT2D eigenvalue weighted by atomic mass is 9.91. The molecule has 8 heteroatoms. The zero-order chi connectivity index (χ0) is 19.5. The van der Waals surface area contributed by atoms with E-state index in [1.807, 2.05) is 17.5 Å². The van der Waals surface area contributed by atoms with Crippen LogP contribution in [-0.4, -0.2) is 43.1 Å². The van der Waals surface area contributed by atoms with Gasteiger partial charge in [0.15, 0.2) is 16.6 Å². The first-order chi connectivity index (χ1) is 13.7. The second-order valence-corrected chi connectivity index (χ2v) is 8.30. The predicted octanol–water partition coefficient (Wildman–Crippen LogP) is 3.81. The maximum atomic E-state index is 12.6. The van der Waals surface area contributed by atoms with E-state index in [1.54, 1.807) is 31.8 Å². The monoisotopic (exact) mass is 415 g/mol. The molecule has 3 heterocycles. The summed E-state index contributed by atoms with van der Waals surface area (Å²) in [6.45, 7) is 1.09. The molecule has 1 aliphatic heterocycles. The molecule has 0 spiro atoms. The van der Waals surface area contributed by atoms with E-state index in [-0.39, 0.29) is 11.9 Å². The number of thiazole rings is 1. The molecule has 0 radical (unpaired) electrons. The van der Waals surface area contributed by atoms with Crippen LogP contribution >= 0.6 is 22.7 Å². The van der Waals surface area contributed by atoms with Gasteiger partial charge in [-0.1, -0.05) is 6.07 Å². The summed E-state index contributed by atoms with van der Waals surface area (Å²) in [5.41, 5.74) is 2.39. The Hall–Kier alpha value is -2.42. The van der Waals surface area contributed by atoms with Crippen molar-refractivity contribution in [3.63, 3.8) is 0 Å². The van der Waals surface area contributed by atoms with Gasteiger partial charge in [-0.25, -0.2) is 4.98 Å². The summed E-state index contributed by atoms with van der Waals surface area (Å²) in [5, 5.41) is 7.43. The van der Waals surface area contributed by atoms with E-state index < -0.39 is 0 Å². The Morgan fingerprint density at radius 1 is 1.25 bits per heavy atom. The molecule has 0 aliphatic carbocycles. The highest BCUT2D eigenvalue weighted by atomic mass is 32.1. The number of carbonyl (C=O) groups is 1. The van der Waals surface area contributed by atoms with Crippen molar-refractivity contribution < 1.29 is 14.3 Å². The maximum Gasteiger partial charge on any atom is 0.240 e. The average molecular weight is 416 g/mol. The van der Waals surface area contributed by atoms with Crippen molar-refractivity contribution in [2.75, 3.05) is 32.6 Å². The number of hydrogen-bond donors (Lipinski definition) is 1. The second kappa shape index (κ2) is 8.30. The minimum Gasteiger partial charge on any atom is -0.493 e. The molecule has 146 valence electrons. The summed E-state index contributed by atoms with van der Waals surface area (Å²) < 4.78 is 11.0. The van der Waals surface area contributed by atoms with Gasteiger partial charge < -0.3 is 14.8 Å². The fraction of sp³-hybridized carbons (Fsp3) is 0.300. The van der Waals surface area contributed by atoms with Crippen molar-refractivity contribution in [3.05, 3.63) is 57.2 Å². The molecule has 2 aromatic heterocycles. The standard InChI is InChI=1S/C20H21N3O3S2/c1-25-15-10-13-5-7-23(12-18(24)22-20-21-6-9-28-20)19(17-4-3-8-27-17)14(13)11-16(15)26-2/h3-4,6,8-11,19H,5,7,12H2,1-2H3,(H,21,22,24). The number of methoxy groups -OCH3 is 2. The molecular weight excluding hydrogens is 394 g/mol. The molecule has 4 rings (SSSR count). The number of hydrogen-bond acceptors (Lipinski definition) is 7. The molecule has 0 saturated heterocycles. The lowest BCUT2D eigenvalue weighted by Gasteiger charge is -2.36. The molecular formula is C20H21N3O3S2. The van der Waals surface area contributed by atoms with Gasteiger partial charge in [0, 0.05) is 23.0 Å². The lowest BCUT2D eigenvalue weighted by molar-refractivity contribution is -0.117. The third kappa shape index (κ3) is 3.76. The maximum absolute atomic E-state index is 12.6. The zero-order valence-corrected chi connectivity index (χ0v) is 17.3. The number of thiophene rings is 1. The van der Waals surface area contributed by atoms with Crippen LogP contribution in [0.1, 0.15) is 22.0 Å².